The first-order valence-electron chi connectivity index (χ1n) is 8.11. The van der Waals surface area contributed by atoms with E-state index >= 15 is 0 Å². The number of rotatable bonds is 5. The van der Waals surface area contributed by atoms with Gasteiger partial charge in [0, 0.05) is 29.5 Å². The third-order valence-corrected chi connectivity index (χ3v) is 5.31. The Morgan fingerprint density at radius 3 is 2.70 bits per heavy atom. The molecule has 0 fully saturated rings. The van der Waals surface area contributed by atoms with Crippen molar-refractivity contribution in [3.8, 4) is 0 Å². The van der Waals surface area contributed by atoms with Gasteiger partial charge in [-0.3, -0.25) is 14.9 Å². The van der Waals surface area contributed by atoms with Gasteiger partial charge in [-0.2, -0.15) is 0 Å². The molecule has 0 bridgehead atoms. The summed E-state index contributed by atoms with van der Waals surface area (Å²) in [6.07, 6.45) is 0.599. The number of anilines is 2. The molecule has 0 spiro atoms. The highest BCUT2D eigenvalue weighted by atomic mass is 32.2. The molecule has 10 heteroatoms. The highest BCUT2D eigenvalue weighted by Gasteiger charge is 2.23. The number of nitrogens with zero attached hydrogens (tertiary/aromatic N) is 2. The average molecular weight is 390 g/mol. The number of fused-ring (bicyclic) bond motifs is 1. The molecule has 2 aromatic carbocycles. The lowest BCUT2D eigenvalue weighted by Gasteiger charge is -2.19. The maximum atomic E-state index is 12.3. The van der Waals surface area contributed by atoms with Crippen LogP contribution in [-0.2, 0) is 21.2 Å². The number of nitro benzene ring substituents is 1. The summed E-state index contributed by atoms with van der Waals surface area (Å²) < 4.78 is 22.9. The monoisotopic (exact) mass is 390 g/mol. The van der Waals surface area contributed by atoms with E-state index in [1.165, 1.54) is 18.2 Å². The second-order valence-electron chi connectivity index (χ2n) is 6.31. The summed E-state index contributed by atoms with van der Waals surface area (Å²) in [6.45, 7) is 2.23. The van der Waals surface area contributed by atoms with Crippen LogP contribution in [0, 0.1) is 17.0 Å². The normalized spacial score (nSPS) is 13.3. The van der Waals surface area contributed by atoms with Crippen molar-refractivity contribution in [2.75, 3.05) is 23.3 Å². The summed E-state index contributed by atoms with van der Waals surface area (Å²) in [5, 5.41) is 18.8. The van der Waals surface area contributed by atoms with Crippen molar-refractivity contribution in [2.24, 2.45) is 5.14 Å². The Kier molecular flexibility index (Phi) is 4.85. The molecule has 0 saturated carbocycles. The van der Waals surface area contributed by atoms with E-state index in [4.69, 9.17) is 5.14 Å². The van der Waals surface area contributed by atoms with Gasteiger partial charge in [0.05, 0.1) is 16.4 Å². The van der Waals surface area contributed by atoms with E-state index in [0.29, 0.717) is 24.2 Å². The highest BCUT2D eigenvalue weighted by Crippen LogP contribution is 2.30. The van der Waals surface area contributed by atoms with Gasteiger partial charge in [-0.05, 0) is 43.2 Å². The van der Waals surface area contributed by atoms with E-state index in [-0.39, 0.29) is 23.0 Å². The Bertz CT molecular complexity index is 1040. The minimum absolute atomic E-state index is 0.0412. The molecule has 2 aromatic rings. The predicted octanol–water partition coefficient (Wildman–Crippen LogP) is 1.55. The van der Waals surface area contributed by atoms with Crippen LogP contribution in [0.3, 0.4) is 0 Å². The third kappa shape index (κ3) is 4.07. The topological polar surface area (TPSA) is 136 Å². The molecule has 3 N–H and O–H groups in total. The summed E-state index contributed by atoms with van der Waals surface area (Å²) in [7, 11) is -3.77. The zero-order chi connectivity index (χ0) is 19.8. The lowest BCUT2D eigenvalue weighted by atomic mass is 10.2. The largest absolute Gasteiger partial charge is 0.362 e. The SMILES string of the molecule is Cc1ccc(NC(=O)CN2CCc3cc(S(N)(=O)=O)ccc32)cc1[N+](=O)[O-]. The molecule has 0 aliphatic carbocycles. The summed E-state index contributed by atoms with van der Waals surface area (Å²) in [6, 6.07) is 9.07. The van der Waals surface area contributed by atoms with Crippen LogP contribution in [0.5, 0.6) is 0 Å². The van der Waals surface area contributed by atoms with Crippen molar-refractivity contribution in [3.63, 3.8) is 0 Å². The quantitative estimate of drug-likeness (QED) is 0.587. The molecule has 1 aliphatic heterocycles. The first-order chi connectivity index (χ1) is 12.6. The molecule has 142 valence electrons. The number of carbonyl (C=O) groups is 1. The number of nitro groups is 1. The van der Waals surface area contributed by atoms with Gasteiger partial charge < -0.3 is 10.2 Å². The molecule has 9 nitrogen and oxygen atoms in total. The molecule has 0 atom stereocenters. The molecular weight excluding hydrogens is 372 g/mol. The number of nitrogens with one attached hydrogen (secondary N) is 1. The fourth-order valence-corrected chi connectivity index (χ4v) is 3.61. The van der Waals surface area contributed by atoms with Crippen LogP contribution >= 0.6 is 0 Å². The van der Waals surface area contributed by atoms with Crippen molar-refractivity contribution in [2.45, 2.75) is 18.2 Å². The Balaban J connectivity index is 1.72. The van der Waals surface area contributed by atoms with E-state index in [9.17, 15) is 23.3 Å². The van der Waals surface area contributed by atoms with Crippen LogP contribution < -0.4 is 15.4 Å². The van der Waals surface area contributed by atoms with Gasteiger partial charge in [0.15, 0.2) is 0 Å². The number of benzene rings is 2. The van der Waals surface area contributed by atoms with Gasteiger partial charge >= 0.3 is 0 Å². The van der Waals surface area contributed by atoms with Crippen LogP contribution in [0.15, 0.2) is 41.3 Å². The number of carbonyl (C=O) groups excluding carboxylic acids is 1. The molecule has 1 aliphatic rings. The van der Waals surface area contributed by atoms with E-state index in [0.717, 1.165) is 11.3 Å². The molecule has 1 amide bonds. The molecule has 1 heterocycles. The van der Waals surface area contributed by atoms with Crippen LogP contribution in [-0.4, -0.2) is 32.3 Å². The molecule has 0 radical (unpaired) electrons. The molecule has 0 aromatic heterocycles. The van der Waals surface area contributed by atoms with Crippen LogP contribution in [0.25, 0.3) is 0 Å². The summed E-state index contributed by atoms with van der Waals surface area (Å²) in [4.78, 5) is 24.7. The highest BCUT2D eigenvalue weighted by molar-refractivity contribution is 7.89. The second-order valence-corrected chi connectivity index (χ2v) is 7.88. The first-order valence-corrected chi connectivity index (χ1v) is 9.65. The van der Waals surface area contributed by atoms with E-state index < -0.39 is 14.9 Å². The summed E-state index contributed by atoms with van der Waals surface area (Å²) in [5.41, 5.74) is 2.38. The van der Waals surface area contributed by atoms with Crippen molar-refractivity contribution >= 4 is 33.0 Å². The van der Waals surface area contributed by atoms with E-state index in [2.05, 4.69) is 5.32 Å². The van der Waals surface area contributed by atoms with Gasteiger partial charge in [-0.1, -0.05) is 6.07 Å². The van der Waals surface area contributed by atoms with Crippen molar-refractivity contribution in [1.29, 1.82) is 0 Å². The third-order valence-electron chi connectivity index (χ3n) is 4.40. The van der Waals surface area contributed by atoms with Crippen LogP contribution in [0.1, 0.15) is 11.1 Å². The first kappa shape index (κ1) is 18.8. The minimum atomic E-state index is -3.77. The standard InChI is InChI=1S/C17H18N4O5S/c1-11-2-3-13(9-16(11)21(23)24)19-17(22)10-20-7-6-12-8-14(27(18,25)26)4-5-15(12)20/h2-5,8-9H,6-7,10H2,1H3,(H,19,22)(H2,18,25,26). The fraction of sp³-hybridized carbons (Fsp3) is 0.235. The van der Waals surface area contributed by atoms with Crippen LogP contribution in [0.2, 0.25) is 0 Å². The minimum Gasteiger partial charge on any atom is -0.362 e. The van der Waals surface area contributed by atoms with Crippen molar-refractivity contribution in [1.82, 2.24) is 0 Å². The molecule has 0 saturated heterocycles. The van der Waals surface area contributed by atoms with Gasteiger partial charge in [0.2, 0.25) is 15.9 Å². The fourth-order valence-electron chi connectivity index (χ4n) is 3.05. The number of amides is 1. The van der Waals surface area contributed by atoms with E-state index in [1.54, 1.807) is 25.1 Å². The lowest BCUT2D eigenvalue weighted by Crippen LogP contribution is -2.31. The van der Waals surface area contributed by atoms with Crippen molar-refractivity contribution in [3.05, 3.63) is 57.6 Å². The Morgan fingerprint density at radius 1 is 1.30 bits per heavy atom. The molecule has 27 heavy (non-hydrogen) atoms. The molecule has 0 unspecified atom stereocenters. The van der Waals surface area contributed by atoms with Crippen molar-refractivity contribution < 1.29 is 18.1 Å². The van der Waals surface area contributed by atoms with Gasteiger partial charge in [0.25, 0.3) is 5.69 Å². The number of primary sulfonamides is 1. The van der Waals surface area contributed by atoms with Crippen LogP contribution in [0.4, 0.5) is 17.1 Å². The molecular formula is C17H18N4O5S. The smallest absolute Gasteiger partial charge is 0.274 e. The number of aryl methyl sites for hydroxylation is 1. The maximum absolute atomic E-state index is 12.3. The van der Waals surface area contributed by atoms with Gasteiger partial charge in [0.1, 0.15) is 0 Å². The average Bonchev–Trinajstić information content (AvgIpc) is 2.97. The Labute approximate surface area is 156 Å². The zero-order valence-corrected chi connectivity index (χ0v) is 15.3. The van der Waals surface area contributed by atoms with Gasteiger partial charge in [-0.25, -0.2) is 13.6 Å². The maximum Gasteiger partial charge on any atom is 0.274 e. The van der Waals surface area contributed by atoms with Gasteiger partial charge in [-0.15, -0.1) is 0 Å². The predicted molar refractivity (Wildman–Crippen MR) is 100 cm³/mol. The Morgan fingerprint density at radius 2 is 2.04 bits per heavy atom. The molecule has 3 rings (SSSR count). The number of nitrogens with two attached hydrogens (primary N) is 1. The zero-order valence-electron chi connectivity index (χ0n) is 14.5. The Hall–Kier alpha value is -2.98. The second kappa shape index (κ2) is 6.97. The summed E-state index contributed by atoms with van der Waals surface area (Å²) >= 11 is 0. The number of hydrogen-bond acceptors (Lipinski definition) is 6. The van der Waals surface area contributed by atoms with E-state index in [1.807, 2.05) is 4.90 Å². The summed E-state index contributed by atoms with van der Waals surface area (Å²) in [5.74, 6) is -0.323. The lowest BCUT2D eigenvalue weighted by molar-refractivity contribution is -0.385. The number of hydrogen-bond donors (Lipinski definition) is 2. The number of sulfonamides is 1.